The van der Waals surface area contributed by atoms with Crippen molar-refractivity contribution in [3.8, 4) is 0 Å². The Kier molecular flexibility index (Phi) is 7.25. The Bertz CT molecular complexity index is 1430. The van der Waals surface area contributed by atoms with E-state index in [1.165, 1.54) is 0 Å². The molecule has 190 valence electrons. The molecule has 0 aromatic heterocycles. The van der Waals surface area contributed by atoms with E-state index in [1.807, 2.05) is 50.4 Å². The Morgan fingerprint density at radius 1 is 1.08 bits per heavy atom. The molecule has 37 heavy (non-hydrogen) atoms. The summed E-state index contributed by atoms with van der Waals surface area (Å²) in [4.78, 5) is 44.6. The second kappa shape index (κ2) is 10.4. The van der Waals surface area contributed by atoms with E-state index in [1.54, 1.807) is 51.5 Å². The summed E-state index contributed by atoms with van der Waals surface area (Å²) in [6, 6.07) is 16.4. The van der Waals surface area contributed by atoms with Gasteiger partial charge in [0, 0.05) is 16.7 Å². The Labute approximate surface area is 229 Å². The minimum absolute atomic E-state index is 0.0331. The molecule has 2 heterocycles. The largest absolute Gasteiger partial charge is 0.320 e. The summed E-state index contributed by atoms with van der Waals surface area (Å²) in [7, 11) is 0. The molecule has 0 bridgehead atoms. The van der Waals surface area contributed by atoms with Gasteiger partial charge in [-0.05, 0) is 67.6 Å². The lowest BCUT2D eigenvalue weighted by Crippen LogP contribution is -2.43. The molecule has 2 aliphatic rings. The second-order valence-corrected chi connectivity index (χ2v) is 11.5. The molecule has 0 saturated heterocycles. The molecule has 6 nitrogen and oxygen atoms in total. The number of thioether (sulfide) groups is 2. The number of fused-ring (bicyclic) bond motifs is 3. The van der Waals surface area contributed by atoms with Crippen LogP contribution in [0, 0.1) is 6.92 Å². The van der Waals surface area contributed by atoms with E-state index in [0.717, 1.165) is 21.7 Å². The number of nitrogens with zero attached hydrogens (tertiary/aromatic N) is 2. The summed E-state index contributed by atoms with van der Waals surface area (Å²) in [6.07, 6.45) is 1.99. The van der Waals surface area contributed by atoms with Gasteiger partial charge in [-0.15, -0.1) is 11.8 Å². The molecule has 0 saturated carbocycles. The fourth-order valence-electron chi connectivity index (χ4n) is 4.75. The topological polar surface area (TPSA) is 69.7 Å². The van der Waals surface area contributed by atoms with Gasteiger partial charge in [0.05, 0.1) is 45.5 Å². The van der Waals surface area contributed by atoms with Gasteiger partial charge in [-0.25, -0.2) is 0 Å². The molecule has 0 spiro atoms. The first-order valence-corrected chi connectivity index (χ1v) is 14.6. The lowest BCUT2D eigenvalue weighted by atomic mass is 10.0. The number of hydrogen-bond donors (Lipinski definition) is 1. The van der Waals surface area contributed by atoms with Crippen LogP contribution in [0.3, 0.4) is 0 Å². The number of carbonyl (C=O) groups is 3. The van der Waals surface area contributed by atoms with Crippen molar-refractivity contribution >= 4 is 69.9 Å². The first-order valence-electron chi connectivity index (χ1n) is 11.9. The maximum atomic E-state index is 14.0. The monoisotopic (exact) mass is 551 g/mol. The van der Waals surface area contributed by atoms with Crippen LogP contribution in [-0.2, 0) is 11.3 Å². The number of aryl methyl sites for hydroxylation is 1. The quantitative estimate of drug-likeness (QED) is 0.406. The van der Waals surface area contributed by atoms with E-state index in [2.05, 4.69) is 11.4 Å². The number of hydrogen-bond acceptors (Lipinski definition) is 5. The first kappa shape index (κ1) is 25.7. The van der Waals surface area contributed by atoms with E-state index < -0.39 is 0 Å². The molecule has 0 aliphatic carbocycles. The van der Waals surface area contributed by atoms with Crippen molar-refractivity contribution in [2.75, 3.05) is 32.9 Å². The van der Waals surface area contributed by atoms with Gasteiger partial charge < -0.3 is 15.1 Å². The van der Waals surface area contributed by atoms with Crippen LogP contribution in [0.1, 0.15) is 38.8 Å². The van der Waals surface area contributed by atoms with E-state index in [9.17, 15) is 14.4 Å². The van der Waals surface area contributed by atoms with Gasteiger partial charge >= 0.3 is 0 Å². The lowest BCUT2D eigenvalue weighted by Gasteiger charge is -2.34. The van der Waals surface area contributed by atoms with Crippen LogP contribution in [0.25, 0.3) is 0 Å². The van der Waals surface area contributed by atoms with Crippen molar-refractivity contribution < 1.29 is 14.4 Å². The molecule has 9 heteroatoms. The van der Waals surface area contributed by atoms with Crippen molar-refractivity contribution in [3.63, 3.8) is 0 Å². The van der Waals surface area contributed by atoms with E-state index in [4.69, 9.17) is 11.6 Å². The minimum atomic E-state index is -0.385. The molecular weight excluding hydrogens is 526 g/mol. The number of rotatable bonds is 5. The molecule has 2 aliphatic heterocycles. The number of anilines is 3. The zero-order chi connectivity index (χ0) is 26.3. The highest BCUT2D eigenvalue weighted by Gasteiger charge is 2.33. The van der Waals surface area contributed by atoms with Crippen LogP contribution in [-0.4, -0.2) is 41.5 Å². The predicted molar refractivity (Wildman–Crippen MR) is 154 cm³/mol. The zero-order valence-electron chi connectivity index (χ0n) is 20.7. The highest BCUT2D eigenvalue weighted by atomic mass is 35.5. The summed E-state index contributed by atoms with van der Waals surface area (Å²) in [5.74, 6) is 0.400. The van der Waals surface area contributed by atoms with Crippen molar-refractivity contribution in [2.45, 2.75) is 31.3 Å². The molecule has 5 rings (SSSR count). The van der Waals surface area contributed by atoms with Crippen molar-refractivity contribution in [2.24, 2.45) is 0 Å². The third-order valence-electron chi connectivity index (χ3n) is 6.51. The number of halogens is 1. The SMILES string of the molecule is CSC[C@H](C)N1C(=O)c2c(Cl)cccc2C(=O)Nc2ccc(CN3C(=O)CSc4cc(C)ccc43)cc21. The van der Waals surface area contributed by atoms with Crippen LogP contribution in [0.2, 0.25) is 5.02 Å². The molecule has 0 fully saturated rings. The maximum Gasteiger partial charge on any atom is 0.260 e. The van der Waals surface area contributed by atoms with Crippen LogP contribution in [0.4, 0.5) is 17.1 Å². The normalized spacial score (nSPS) is 15.8. The van der Waals surface area contributed by atoms with Gasteiger partial charge in [-0.3, -0.25) is 14.4 Å². The minimum Gasteiger partial charge on any atom is -0.320 e. The zero-order valence-corrected chi connectivity index (χ0v) is 23.1. The summed E-state index contributed by atoms with van der Waals surface area (Å²) in [6.45, 7) is 4.37. The molecule has 3 aromatic carbocycles. The third kappa shape index (κ3) is 4.85. The molecule has 3 amide bonds. The second-order valence-electron chi connectivity index (χ2n) is 9.19. The van der Waals surface area contributed by atoms with Gasteiger partial charge in [-0.2, -0.15) is 11.8 Å². The van der Waals surface area contributed by atoms with Gasteiger partial charge in [0.25, 0.3) is 11.8 Å². The summed E-state index contributed by atoms with van der Waals surface area (Å²) < 4.78 is 0. The third-order valence-corrected chi connectivity index (χ3v) is 8.67. The van der Waals surface area contributed by atoms with Gasteiger partial charge in [-0.1, -0.05) is 29.8 Å². The maximum absolute atomic E-state index is 14.0. The Morgan fingerprint density at radius 2 is 1.89 bits per heavy atom. The number of carbonyl (C=O) groups excluding carboxylic acids is 3. The Morgan fingerprint density at radius 3 is 2.68 bits per heavy atom. The Hall–Kier alpha value is -2.94. The van der Waals surface area contributed by atoms with Crippen LogP contribution in [0.5, 0.6) is 0 Å². The van der Waals surface area contributed by atoms with Crippen LogP contribution < -0.4 is 15.1 Å². The van der Waals surface area contributed by atoms with E-state index >= 15 is 0 Å². The standard InChI is InChI=1S/C28H26ClN3O3S2/c1-16-7-10-22-24(11-16)37-15-25(33)31(22)13-18-8-9-21-23(12-18)32(17(2)14-36-3)28(35)26-19(27(34)30-21)5-4-6-20(26)29/h4-12,17H,13-15H2,1-3H3,(H,30,34)/t17-/m0/s1. The fourth-order valence-corrected chi connectivity index (χ4v) is 6.67. The van der Waals surface area contributed by atoms with Crippen LogP contribution >= 0.6 is 35.1 Å². The fraction of sp³-hybridized carbons (Fsp3) is 0.250. The Balaban J connectivity index is 1.59. The molecule has 3 aromatic rings. The molecule has 0 unspecified atom stereocenters. The molecular formula is C28H26ClN3O3S2. The summed E-state index contributed by atoms with van der Waals surface area (Å²) in [5.41, 5.74) is 4.46. The highest BCUT2D eigenvalue weighted by molar-refractivity contribution is 8.00. The number of nitrogens with one attached hydrogen (secondary N) is 1. The number of benzene rings is 3. The highest BCUT2D eigenvalue weighted by Crippen LogP contribution is 2.39. The lowest BCUT2D eigenvalue weighted by molar-refractivity contribution is -0.116. The van der Waals surface area contributed by atoms with Crippen LogP contribution in [0.15, 0.2) is 59.5 Å². The van der Waals surface area contributed by atoms with Gasteiger partial charge in [0.1, 0.15) is 0 Å². The van der Waals surface area contributed by atoms with E-state index in [0.29, 0.717) is 29.4 Å². The van der Waals surface area contributed by atoms with Gasteiger partial charge in [0.2, 0.25) is 5.91 Å². The smallest absolute Gasteiger partial charge is 0.260 e. The molecule has 1 N–H and O–H groups in total. The predicted octanol–water partition coefficient (Wildman–Crippen LogP) is 6.25. The summed E-state index contributed by atoms with van der Waals surface area (Å²) >= 11 is 9.65. The van der Waals surface area contributed by atoms with Crippen molar-refractivity contribution in [3.05, 3.63) is 81.9 Å². The number of amides is 3. The van der Waals surface area contributed by atoms with E-state index in [-0.39, 0.29) is 39.9 Å². The van der Waals surface area contributed by atoms with Crippen molar-refractivity contribution in [1.82, 2.24) is 0 Å². The summed E-state index contributed by atoms with van der Waals surface area (Å²) in [5, 5.41) is 3.21. The first-order chi connectivity index (χ1) is 17.8. The van der Waals surface area contributed by atoms with Crippen molar-refractivity contribution in [1.29, 1.82) is 0 Å². The van der Waals surface area contributed by atoms with Gasteiger partial charge in [0.15, 0.2) is 0 Å². The average Bonchev–Trinajstić information content (AvgIpc) is 2.86. The molecule has 1 atom stereocenters. The average molecular weight is 552 g/mol. The molecule has 0 radical (unpaired) electrons.